The van der Waals surface area contributed by atoms with E-state index in [1.165, 1.54) is 12.1 Å². The summed E-state index contributed by atoms with van der Waals surface area (Å²) in [5.41, 5.74) is 1.78. The summed E-state index contributed by atoms with van der Waals surface area (Å²) in [4.78, 5) is 0. The van der Waals surface area contributed by atoms with E-state index in [4.69, 9.17) is 27.9 Å². The monoisotopic (exact) mass is 311 g/mol. The highest BCUT2D eigenvalue weighted by Gasteiger charge is 2.24. The molecule has 0 fully saturated rings. The Hall–Kier alpha value is -1.45. The second-order valence-electron chi connectivity index (χ2n) is 4.65. The molecular weight excluding hydrogens is 300 g/mol. The van der Waals surface area contributed by atoms with Gasteiger partial charge in [-0.2, -0.15) is 0 Å². The highest BCUT2D eigenvalue weighted by Crippen LogP contribution is 2.41. The molecule has 0 aromatic heterocycles. The third kappa shape index (κ3) is 2.69. The first-order valence-electron chi connectivity index (χ1n) is 6.27. The molecule has 0 saturated heterocycles. The molecule has 3 rings (SSSR count). The average molecular weight is 312 g/mol. The molecule has 1 aliphatic rings. The number of rotatable bonds is 2. The first-order chi connectivity index (χ1) is 9.63. The Labute approximate surface area is 126 Å². The van der Waals surface area contributed by atoms with Crippen molar-refractivity contribution in [2.45, 2.75) is 12.5 Å². The van der Waals surface area contributed by atoms with Crippen LogP contribution in [0.15, 0.2) is 36.4 Å². The molecule has 104 valence electrons. The van der Waals surface area contributed by atoms with E-state index in [9.17, 15) is 4.39 Å². The van der Waals surface area contributed by atoms with Crippen LogP contribution in [0.1, 0.15) is 18.0 Å². The normalized spacial score (nSPS) is 17.2. The van der Waals surface area contributed by atoms with Crippen LogP contribution in [0, 0.1) is 5.82 Å². The number of nitrogens with one attached hydrogen (secondary N) is 1. The van der Waals surface area contributed by atoms with Crippen LogP contribution in [-0.4, -0.2) is 6.61 Å². The van der Waals surface area contributed by atoms with Gasteiger partial charge in [-0.25, -0.2) is 4.39 Å². The second kappa shape index (κ2) is 5.51. The topological polar surface area (TPSA) is 21.3 Å². The number of hydrogen-bond donors (Lipinski definition) is 1. The van der Waals surface area contributed by atoms with Crippen molar-refractivity contribution in [3.8, 4) is 5.75 Å². The van der Waals surface area contributed by atoms with Gasteiger partial charge >= 0.3 is 0 Å². The third-order valence-corrected chi connectivity index (χ3v) is 3.75. The van der Waals surface area contributed by atoms with E-state index in [1.807, 2.05) is 6.07 Å². The molecule has 2 nitrogen and oxygen atoms in total. The molecule has 5 heteroatoms. The van der Waals surface area contributed by atoms with Crippen LogP contribution in [0.3, 0.4) is 0 Å². The van der Waals surface area contributed by atoms with Crippen molar-refractivity contribution < 1.29 is 9.13 Å². The lowest BCUT2D eigenvalue weighted by Gasteiger charge is -2.28. The van der Waals surface area contributed by atoms with E-state index >= 15 is 0 Å². The second-order valence-corrected chi connectivity index (χ2v) is 5.49. The molecular formula is C15H12Cl2FNO. The quantitative estimate of drug-likeness (QED) is 0.836. The van der Waals surface area contributed by atoms with E-state index in [2.05, 4.69) is 5.32 Å². The Morgan fingerprint density at radius 1 is 1.15 bits per heavy atom. The maximum absolute atomic E-state index is 12.9. The summed E-state index contributed by atoms with van der Waals surface area (Å²) in [7, 11) is 0. The van der Waals surface area contributed by atoms with E-state index < -0.39 is 0 Å². The van der Waals surface area contributed by atoms with E-state index in [1.54, 1.807) is 18.2 Å². The van der Waals surface area contributed by atoms with Crippen molar-refractivity contribution in [1.82, 2.24) is 0 Å². The average Bonchev–Trinajstić information content (AvgIpc) is 2.42. The molecule has 20 heavy (non-hydrogen) atoms. The van der Waals surface area contributed by atoms with Crippen molar-refractivity contribution in [2.24, 2.45) is 0 Å². The maximum Gasteiger partial charge on any atom is 0.143 e. The Kier molecular flexibility index (Phi) is 3.72. The van der Waals surface area contributed by atoms with Gasteiger partial charge < -0.3 is 10.1 Å². The number of benzene rings is 2. The van der Waals surface area contributed by atoms with Crippen LogP contribution in [0.25, 0.3) is 0 Å². The van der Waals surface area contributed by atoms with Gasteiger partial charge in [-0.05, 0) is 36.4 Å². The number of anilines is 1. The molecule has 1 N–H and O–H groups in total. The zero-order valence-corrected chi connectivity index (χ0v) is 12.0. The fourth-order valence-electron chi connectivity index (χ4n) is 2.32. The molecule has 1 aliphatic heterocycles. The summed E-state index contributed by atoms with van der Waals surface area (Å²) in [5, 5.41) is 4.44. The van der Waals surface area contributed by atoms with Crippen LogP contribution in [-0.2, 0) is 0 Å². The smallest absolute Gasteiger partial charge is 0.143 e. The van der Waals surface area contributed by atoms with Gasteiger partial charge in [-0.15, -0.1) is 0 Å². The Morgan fingerprint density at radius 3 is 2.65 bits per heavy atom. The summed E-state index contributed by atoms with van der Waals surface area (Å²) >= 11 is 12.2. The minimum Gasteiger partial charge on any atom is -0.492 e. The molecule has 1 atom stereocenters. The van der Waals surface area contributed by atoms with Crippen LogP contribution >= 0.6 is 23.2 Å². The van der Waals surface area contributed by atoms with Gasteiger partial charge in [0.05, 0.1) is 17.7 Å². The molecule has 0 saturated carbocycles. The van der Waals surface area contributed by atoms with Gasteiger partial charge in [0.1, 0.15) is 11.6 Å². The zero-order valence-electron chi connectivity index (χ0n) is 10.5. The molecule has 0 aliphatic carbocycles. The summed E-state index contributed by atoms with van der Waals surface area (Å²) in [6.45, 7) is 0.577. The number of fused-ring (bicyclic) bond motifs is 1. The zero-order chi connectivity index (χ0) is 14.1. The SMILES string of the molecule is Fc1ccc(NC2CCOc3c(Cl)cc(Cl)cc32)cc1. The lowest BCUT2D eigenvalue weighted by molar-refractivity contribution is 0.274. The fourth-order valence-corrected chi connectivity index (χ4v) is 2.89. The van der Waals surface area contributed by atoms with Crippen LogP contribution in [0.5, 0.6) is 5.75 Å². The lowest BCUT2D eigenvalue weighted by Crippen LogP contribution is -2.20. The molecule has 0 radical (unpaired) electrons. The Bertz CT molecular complexity index is 631. The molecule has 2 aromatic carbocycles. The van der Waals surface area contributed by atoms with Crippen molar-refractivity contribution in [3.05, 3.63) is 57.8 Å². The number of halogens is 3. The molecule has 1 unspecified atom stereocenters. The van der Waals surface area contributed by atoms with Crippen molar-refractivity contribution in [2.75, 3.05) is 11.9 Å². The van der Waals surface area contributed by atoms with E-state index in [0.717, 1.165) is 17.7 Å². The van der Waals surface area contributed by atoms with Crippen LogP contribution in [0.4, 0.5) is 10.1 Å². The summed E-state index contributed by atoms with van der Waals surface area (Å²) in [6, 6.07) is 9.82. The third-order valence-electron chi connectivity index (χ3n) is 3.25. The summed E-state index contributed by atoms with van der Waals surface area (Å²) in [5.74, 6) is 0.413. The first-order valence-corrected chi connectivity index (χ1v) is 7.03. The maximum atomic E-state index is 12.9. The van der Waals surface area contributed by atoms with Crippen molar-refractivity contribution in [3.63, 3.8) is 0 Å². The van der Waals surface area contributed by atoms with E-state index in [0.29, 0.717) is 22.4 Å². The van der Waals surface area contributed by atoms with Crippen molar-refractivity contribution in [1.29, 1.82) is 0 Å². The van der Waals surface area contributed by atoms with Crippen LogP contribution < -0.4 is 10.1 Å². The number of hydrogen-bond acceptors (Lipinski definition) is 2. The van der Waals surface area contributed by atoms with Gasteiger partial charge in [0.2, 0.25) is 0 Å². The molecule has 1 heterocycles. The molecule has 2 aromatic rings. The highest BCUT2D eigenvalue weighted by molar-refractivity contribution is 6.35. The van der Waals surface area contributed by atoms with E-state index in [-0.39, 0.29) is 11.9 Å². The van der Waals surface area contributed by atoms with Gasteiger partial charge in [0.25, 0.3) is 0 Å². The largest absolute Gasteiger partial charge is 0.492 e. The summed E-state index contributed by atoms with van der Waals surface area (Å²) in [6.07, 6.45) is 0.793. The highest BCUT2D eigenvalue weighted by atomic mass is 35.5. The van der Waals surface area contributed by atoms with Gasteiger partial charge in [-0.3, -0.25) is 0 Å². The van der Waals surface area contributed by atoms with Gasteiger partial charge in [0.15, 0.2) is 0 Å². The van der Waals surface area contributed by atoms with Crippen molar-refractivity contribution >= 4 is 28.9 Å². The van der Waals surface area contributed by atoms with Gasteiger partial charge in [-0.1, -0.05) is 23.2 Å². The molecule has 0 amide bonds. The molecule has 0 spiro atoms. The standard InChI is InChI=1S/C15H12Cl2FNO/c16-9-7-12-14(5-6-20-15(12)13(17)8-9)19-11-3-1-10(18)2-4-11/h1-4,7-8,14,19H,5-6H2. The van der Waals surface area contributed by atoms with Gasteiger partial charge in [0, 0.05) is 22.7 Å². The first kappa shape index (κ1) is 13.5. The Balaban J connectivity index is 1.91. The number of ether oxygens (including phenoxy) is 1. The minimum atomic E-state index is -0.256. The Morgan fingerprint density at radius 2 is 1.90 bits per heavy atom. The van der Waals surface area contributed by atoms with Crippen LogP contribution in [0.2, 0.25) is 10.0 Å². The predicted octanol–water partition coefficient (Wildman–Crippen LogP) is 5.07. The minimum absolute atomic E-state index is 0.0420. The predicted molar refractivity (Wildman–Crippen MR) is 79.3 cm³/mol. The lowest BCUT2D eigenvalue weighted by atomic mass is 10.00. The fraction of sp³-hybridized carbons (Fsp3) is 0.200. The summed E-state index contributed by atoms with van der Waals surface area (Å²) < 4.78 is 18.5. The molecule has 0 bridgehead atoms.